The van der Waals surface area contributed by atoms with Crippen molar-refractivity contribution in [1.29, 1.82) is 0 Å². The molecule has 1 aromatic heterocycles. The minimum Gasteiger partial charge on any atom is -0.393 e. The number of benzene rings is 1. The van der Waals surface area contributed by atoms with Gasteiger partial charge in [0.05, 0.1) is 17.2 Å². The molecule has 0 bridgehead atoms. The van der Waals surface area contributed by atoms with Gasteiger partial charge >= 0.3 is 6.18 Å². The normalized spacial score (nSPS) is 27.2. The summed E-state index contributed by atoms with van der Waals surface area (Å²) >= 11 is 0. The first-order valence-corrected chi connectivity index (χ1v) is 7.74. The molecule has 2 aromatic rings. The molecule has 2 fully saturated rings. The van der Waals surface area contributed by atoms with E-state index in [1.807, 2.05) is 13.0 Å². The highest BCUT2D eigenvalue weighted by atomic mass is 19.4. The summed E-state index contributed by atoms with van der Waals surface area (Å²) in [4.78, 5) is 6.46. The average Bonchev–Trinajstić information content (AvgIpc) is 2.82. The third-order valence-electron chi connectivity index (χ3n) is 5.11. The Morgan fingerprint density at radius 2 is 2.00 bits per heavy atom. The number of hydrogen-bond acceptors (Lipinski definition) is 3. The molecule has 3 atom stereocenters. The monoisotopic (exact) mass is 322 g/mol. The summed E-state index contributed by atoms with van der Waals surface area (Å²) in [5, 5.41) is 10.3. The van der Waals surface area contributed by atoms with Gasteiger partial charge in [0, 0.05) is 35.8 Å². The molecule has 2 aliphatic rings. The minimum atomic E-state index is -4.36. The third-order valence-corrected chi connectivity index (χ3v) is 5.11. The van der Waals surface area contributed by atoms with Crippen LogP contribution in [-0.2, 0) is 6.18 Å². The second kappa shape index (κ2) is 4.84. The van der Waals surface area contributed by atoms with Crippen molar-refractivity contribution < 1.29 is 18.3 Å². The van der Waals surface area contributed by atoms with Crippen molar-refractivity contribution in [3.63, 3.8) is 0 Å². The molecule has 1 aliphatic heterocycles. The number of anilines is 1. The molecule has 1 N–H and O–H groups in total. The Kier molecular flexibility index (Phi) is 3.10. The number of rotatable bonds is 1. The topological polar surface area (TPSA) is 36.4 Å². The van der Waals surface area contributed by atoms with Gasteiger partial charge in [-0.1, -0.05) is 0 Å². The number of fused-ring (bicyclic) bond motifs is 2. The van der Waals surface area contributed by atoms with Crippen LogP contribution >= 0.6 is 0 Å². The number of nitrogens with zero attached hydrogens (tertiary/aromatic N) is 2. The van der Waals surface area contributed by atoms with Gasteiger partial charge in [-0.15, -0.1) is 0 Å². The maximum Gasteiger partial charge on any atom is 0.416 e. The Hall–Kier alpha value is -1.82. The standard InChI is InChI=1S/C17H17F3N2O/c1-9-4-15(22-7-10-5-16(23)13(10)8-22)12-6-11(17(18,19)20)2-3-14(12)21-9/h2-4,6,10,13,16,23H,5,7-8H2,1H3/t10-,13+,16-/m1/s1. The predicted molar refractivity (Wildman–Crippen MR) is 81.3 cm³/mol. The molecule has 0 spiro atoms. The van der Waals surface area contributed by atoms with Crippen molar-refractivity contribution in [3.8, 4) is 0 Å². The molecule has 0 amide bonds. The molecule has 122 valence electrons. The zero-order valence-corrected chi connectivity index (χ0v) is 12.6. The largest absolute Gasteiger partial charge is 0.416 e. The lowest BCUT2D eigenvalue weighted by atomic mass is 9.74. The van der Waals surface area contributed by atoms with Gasteiger partial charge in [0.1, 0.15) is 0 Å². The van der Waals surface area contributed by atoms with Gasteiger partial charge in [-0.2, -0.15) is 13.2 Å². The van der Waals surface area contributed by atoms with E-state index in [4.69, 9.17) is 0 Å². The molecule has 1 saturated heterocycles. The fourth-order valence-corrected chi connectivity index (χ4v) is 3.84. The third kappa shape index (κ3) is 2.36. The number of aliphatic hydroxyl groups is 1. The fraction of sp³-hybridized carbons (Fsp3) is 0.471. The summed E-state index contributed by atoms with van der Waals surface area (Å²) in [5.41, 5.74) is 1.50. The maximum atomic E-state index is 13.0. The van der Waals surface area contributed by atoms with Gasteiger partial charge < -0.3 is 10.0 Å². The molecule has 2 heterocycles. The predicted octanol–water partition coefficient (Wildman–Crippen LogP) is 3.38. The minimum absolute atomic E-state index is 0.240. The van der Waals surface area contributed by atoms with Crippen LogP contribution in [0, 0.1) is 18.8 Å². The first kappa shape index (κ1) is 14.8. The SMILES string of the molecule is Cc1cc(N2C[C@H]3C[C@@H](O)[C@H]3C2)c2cc(C(F)(F)F)ccc2n1. The van der Waals surface area contributed by atoms with E-state index < -0.39 is 11.7 Å². The van der Waals surface area contributed by atoms with Crippen LogP contribution in [0.25, 0.3) is 10.9 Å². The summed E-state index contributed by atoms with van der Waals surface area (Å²) < 4.78 is 39.1. The van der Waals surface area contributed by atoms with E-state index in [1.54, 1.807) is 0 Å². The van der Waals surface area contributed by atoms with Gasteiger partial charge in [0.15, 0.2) is 0 Å². The lowest BCUT2D eigenvalue weighted by Crippen LogP contribution is -2.39. The molecule has 0 radical (unpaired) electrons. The van der Waals surface area contributed by atoms with Gasteiger partial charge in [-0.3, -0.25) is 4.98 Å². The van der Waals surface area contributed by atoms with E-state index in [9.17, 15) is 18.3 Å². The molecule has 1 aliphatic carbocycles. The molecular formula is C17H17F3N2O. The van der Waals surface area contributed by atoms with E-state index in [0.717, 1.165) is 30.4 Å². The summed E-state index contributed by atoms with van der Waals surface area (Å²) in [7, 11) is 0. The fourth-order valence-electron chi connectivity index (χ4n) is 3.84. The van der Waals surface area contributed by atoms with Crippen LogP contribution in [0.1, 0.15) is 17.7 Å². The molecule has 0 unspecified atom stereocenters. The van der Waals surface area contributed by atoms with Crippen molar-refractivity contribution in [3.05, 3.63) is 35.5 Å². The van der Waals surface area contributed by atoms with Crippen molar-refractivity contribution in [2.24, 2.45) is 11.8 Å². The Bertz CT molecular complexity index is 774. The highest BCUT2D eigenvalue weighted by Crippen LogP contribution is 2.44. The number of alkyl halides is 3. The van der Waals surface area contributed by atoms with Crippen molar-refractivity contribution in [1.82, 2.24) is 4.98 Å². The lowest BCUT2D eigenvalue weighted by Gasteiger charge is -2.34. The lowest BCUT2D eigenvalue weighted by molar-refractivity contribution is -0.137. The Morgan fingerprint density at radius 1 is 1.22 bits per heavy atom. The van der Waals surface area contributed by atoms with Crippen molar-refractivity contribution >= 4 is 16.6 Å². The molecule has 1 aromatic carbocycles. The smallest absolute Gasteiger partial charge is 0.393 e. The first-order valence-electron chi connectivity index (χ1n) is 7.74. The zero-order chi connectivity index (χ0) is 16.4. The van der Waals surface area contributed by atoms with Crippen LogP contribution in [0.15, 0.2) is 24.3 Å². The van der Waals surface area contributed by atoms with Crippen molar-refractivity contribution in [2.45, 2.75) is 25.6 Å². The second-order valence-corrected chi connectivity index (χ2v) is 6.64. The second-order valence-electron chi connectivity index (χ2n) is 6.64. The van der Waals surface area contributed by atoms with Crippen LogP contribution < -0.4 is 4.90 Å². The molecule has 23 heavy (non-hydrogen) atoms. The maximum absolute atomic E-state index is 13.0. The Morgan fingerprint density at radius 3 is 2.65 bits per heavy atom. The van der Waals surface area contributed by atoms with E-state index in [0.29, 0.717) is 23.4 Å². The van der Waals surface area contributed by atoms with Crippen LogP contribution in [0.5, 0.6) is 0 Å². The summed E-state index contributed by atoms with van der Waals surface area (Å²) in [6.45, 7) is 3.33. The van der Waals surface area contributed by atoms with E-state index >= 15 is 0 Å². The van der Waals surface area contributed by atoms with Crippen LogP contribution in [-0.4, -0.2) is 29.3 Å². The van der Waals surface area contributed by atoms with Crippen LogP contribution in [0.3, 0.4) is 0 Å². The Labute approximate surface area is 131 Å². The van der Waals surface area contributed by atoms with Crippen LogP contribution in [0.2, 0.25) is 0 Å². The van der Waals surface area contributed by atoms with Gasteiger partial charge in [0.25, 0.3) is 0 Å². The number of aryl methyl sites for hydroxylation is 1. The number of hydrogen-bond donors (Lipinski definition) is 1. The summed E-state index contributed by atoms with van der Waals surface area (Å²) in [5.74, 6) is 0.684. The van der Waals surface area contributed by atoms with Gasteiger partial charge in [-0.05, 0) is 43.5 Å². The highest BCUT2D eigenvalue weighted by Gasteiger charge is 2.46. The Balaban J connectivity index is 1.81. The van der Waals surface area contributed by atoms with E-state index in [-0.39, 0.29) is 12.0 Å². The first-order chi connectivity index (χ1) is 10.8. The quantitative estimate of drug-likeness (QED) is 0.874. The van der Waals surface area contributed by atoms with Gasteiger partial charge in [-0.25, -0.2) is 0 Å². The zero-order valence-electron chi connectivity index (χ0n) is 12.6. The van der Waals surface area contributed by atoms with Crippen molar-refractivity contribution in [2.75, 3.05) is 18.0 Å². The number of halogens is 3. The number of pyridine rings is 1. The number of aromatic nitrogens is 1. The average molecular weight is 322 g/mol. The van der Waals surface area contributed by atoms with E-state index in [1.165, 1.54) is 12.1 Å². The molecular weight excluding hydrogens is 305 g/mol. The molecule has 6 heteroatoms. The van der Waals surface area contributed by atoms with E-state index in [2.05, 4.69) is 9.88 Å². The number of aliphatic hydroxyl groups excluding tert-OH is 1. The molecule has 3 nitrogen and oxygen atoms in total. The molecule has 4 rings (SSSR count). The summed E-state index contributed by atoms with van der Waals surface area (Å²) in [6.07, 6.45) is -3.85. The molecule has 1 saturated carbocycles. The highest BCUT2D eigenvalue weighted by molar-refractivity contribution is 5.92. The van der Waals surface area contributed by atoms with Crippen LogP contribution in [0.4, 0.5) is 18.9 Å². The summed E-state index contributed by atoms with van der Waals surface area (Å²) in [6, 6.07) is 5.55. The van der Waals surface area contributed by atoms with Gasteiger partial charge in [0.2, 0.25) is 0 Å².